The van der Waals surface area contributed by atoms with E-state index in [0.717, 1.165) is 19.4 Å². The Morgan fingerprint density at radius 3 is 2.62 bits per heavy atom. The van der Waals surface area contributed by atoms with Gasteiger partial charge in [-0.1, -0.05) is 0 Å². The molecule has 0 saturated heterocycles. The van der Waals surface area contributed by atoms with E-state index in [0.29, 0.717) is 0 Å². The van der Waals surface area contributed by atoms with Gasteiger partial charge in [0.05, 0.1) is 0 Å². The van der Waals surface area contributed by atoms with E-state index in [4.69, 9.17) is 0 Å². The number of hydrogen-bond acceptors (Lipinski definition) is 1. The minimum Gasteiger partial charge on any atom is -0.296 e. The second-order valence-corrected chi connectivity index (χ2v) is 4.70. The van der Waals surface area contributed by atoms with Crippen LogP contribution in [0.2, 0.25) is 0 Å². The standard InChI is InChI=1S/C10H16N2O/c1-10(2,3)12-7-8-5-4-6-11(8)9(12)13/h7H,4-6H2,1-3H3. The van der Waals surface area contributed by atoms with Gasteiger partial charge in [-0.3, -0.25) is 9.13 Å². The summed E-state index contributed by atoms with van der Waals surface area (Å²) in [5.41, 5.74) is 1.26. The van der Waals surface area contributed by atoms with Crippen LogP contribution in [0.3, 0.4) is 0 Å². The Morgan fingerprint density at radius 1 is 1.38 bits per heavy atom. The Balaban J connectivity index is 2.58. The summed E-state index contributed by atoms with van der Waals surface area (Å²) in [4.78, 5) is 11.8. The molecule has 0 N–H and O–H groups in total. The molecule has 0 spiro atoms. The number of hydrogen-bond donors (Lipinski definition) is 0. The zero-order chi connectivity index (χ0) is 9.64. The fourth-order valence-corrected chi connectivity index (χ4v) is 1.86. The monoisotopic (exact) mass is 180 g/mol. The molecule has 1 aliphatic heterocycles. The Bertz CT molecular complexity index is 379. The molecule has 1 aromatic heterocycles. The molecule has 2 rings (SSSR count). The van der Waals surface area contributed by atoms with Gasteiger partial charge in [0.1, 0.15) is 0 Å². The molecule has 13 heavy (non-hydrogen) atoms. The summed E-state index contributed by atoms with van der Waals surface area (Å²) in [6.45, 7) is 7.08. The van der Waals surface area contributed by atoms with E-state index in [2.05, 4.69) is 20.8 Å². The van der Waals surface area contributed by atoms with Crippen molar-refractivity contribution in [1.82, 2.24) is 9.13 Å². The summed E-state index contributed by atoms with van der Waals surface area (Å²) >= 11 is 0. The third kappa shape index (κ3) is 1.23. The third-order valence-electron chi connectivity index (χ3n) is 2.60. The molecule has 72 valence electrons. The second-order valence-electron chi connectivity index (χ2n) is 4.70. The van der Waals surface area contributed by atoms with Crippen LogP contribution in [0.4, 0.5) is 0 Å². The first-order valence-corrected chi connectivity index (χ1v) is 4.82. The van der Waals surface area contributed by atoms with Crippen molar-refractivity contribution in [3.05, 3.63) is 22.4 Å². The van der Waals surface area contributed by atoms with Gasteiger partial charge in [0.25, 0.3) is 0 Å². The van der Waals surface area contributed by atoms with Gasteiger partial charge in [-0.15, -0.1) is 0 Å². The van der Waals surface area contributed by atoms with E-state index in [1.54, 1.807) is 0 Å². The molecule has 0 unspecified atom stereocenters. The molecule has 2 heterocycles. The molecular weight excluding hydrogens is 164 g/mol. The zero-order valence-electron chi connectivity index (χ0n) is 8.50. The van der Waals surface area contributed by atoms with Gasteiger partial charge in [0.15, 0.2) is 0 Å². The molecule has 3 nitrogen and oxygen atoms in total. The van der Waals surface area contributed by atoms with Crippen molar-refractivity contribution in [2.45, 2.75) is 45.7 Å². The van der Waals surface area contributed by atoms with Crippen molar-refractivity contribution in [3.63, 3.8) is 0 Å². The van der Waals surface area contributed by atoms with Crippen LogP contribution in [0.5, 0.6) is 0 Å². The van der Waals surface area contributed by atoms with E-state index in [1.165, 1.54) is 5.69 Å². The fourth-order valence-electron chi connectivity index (χ4n) is 1.86. The first kappa shape index (κ1) is 8.60. The number of aryl methyl sites for hydroxylation is 1. The molecule has 0 amide bonds. The molecular formula is C10H16N2O. The lowest BCUT2D eigenvalue weighted by Crippen LogP contribution is -2.34. The van der Waals surface area contributed by atoms with Crippen LogP contribution >= 0.6 is 0 Å². The van der Waals surface area contributed by atoms with Crippen LogP contribution in [0, 0.1) is 0 Å². The SMILES string of the molecule is CC(C)(C)n1cc2n(c1=O)CCC2. The van der Waals surface area contributed by atoms with Gasteiger partial charge in [0.2, 0.25) is 0 Å². The third-order valence-corrected chi connectivity index (χ3v) is 2.60. The average Bonchev–Trinajstić information content (AvgIpc) is 2.51. The molecule has 3 heteroatoms. The Labute approximate surface area is 78.0 Å². The number of fused-ring (bicyclic) bond motifs is 1. The van der Waals surface area contributed by atoms with Crippen molar-refractivity contribution >= 4 is 0 Å². The van der Waals surface area contributed by atoms with Crippen LogP contribution in [0.15, 0.2) is 11.0 Å². The maximum Gasteiger partial charge on any atom is 0.328 e. The molecule has 1 aromatic rings. The molecule has 0 atom stereocenters. The molecule has 0 aliphatic carbocycles. The van der Waals surface area contributed by atoms with E-state index >= 15 is 0 Å². The predicted octanol–water partition coefficient (Wildman–Crippen LogP) is 1.35. The largest absolute Gasteiger partial charge is 0.328 e. The molecule has 0 fully saturated rings. The molecule has 0 saturated carbocycles. The van der Waals surface area contributed by atoms with Gasteiger partial charge in [-0.2, -0.15) is 0 Å². The van der Waals surface area contributed by atoms with E-state index in [9.17, 15) is 4.79 Å². The summed E-state index contributed by atoms with van der Waals surface area (Å²) in [5, 5.41) is 0. The highest BCUT2D eigenvalue weighted by atomic mass is 16.1. The smallest absolute Gasteiger partial charge is 0.296 e. The highest BCUT2D eigenvalue weighted by Crippen LogP contribution is 2.17. The first-order chi connectivity index (χ1) is 6.00. The lowest BCUT2D eigenvalue weighted by Gasteiger charge is -2.19. The maximum absolute atomic E-state index is 11.8. The molecule has 0 aromatic carbocycles. The van der Waals surface area contributed by atoms with Crippen LogP contribution in [-0.2, 0) is 18.5 Å². The highest BCUT2D eigenvalue weighted by Gasteiger charge is 2.22. The fraction of sp³-hybridized carbons (Fsp3) is 0.700. The van der Waals surface area contributed by atoms with Gasteiger partial charge in [-0.05, 0) is 33.6 Å². The number of imidazole rings is 1. The second kappa shape index (κ2) is 2.50. The molecule has 1 aliphatic rings. The Kier molecular flexibility index (Phi) is 1.65. The zero-order valence-corrected chi connectivity index (χ0v) is 8.50. The Morgan fingerprint density at radius 2 is 2.08 bits per heavy atom. The summed E-state index contributed by atoms with van der Waals surface area (Å²) in [6.07, 6.45) is 4.18. The van der Waals surface area contributed by atoms with Gasteiger partial charge in [-0.25, -0.2) is 4.79 Å². The van der Waals surface area contributed by atoms with Crippen molar-refractivity contribution in [2.24, 2.45) is 0 Å². The van der Waals surface area contributed by atoms with Crippen LogP contribution in [0.1, 0.15) is 32.9 Å². The van der Waals surface area contributed by atoms with Crippen LogP contribution in [-0.4, -0.2) is 9.13 Å². The predicted molar refractivity (Wildman–Crippen MR) is 52.0 cm³/mol. The van der Waals surface area contributed by atoms with E-state index < -0.39 is 0 Å². The van der Waals surface area contributed by atoms with Crippen molar-refractivity contribution in [2.75, 3.05) is 0 Å². The number of rotatable bonds is 0. The lowest BCUT2D eigenvalue weighted by atomic mass is 10.1. The molecule has 0 bridgehead atoms. The van der Waals surface area contributed by atoms with Gasteiger partial charge >= 0.3 is 5.69 Å². The van der Waals surface area contributed by atoms with E-state index in [-0.39, 0.29) is 11.2 Å². The van der Waals surface area contributed by atoms with Crippen molar-refractivity contribution in [3.8, 4) is 0 Å². The van der Waals surface area contributed by atoms with Crippen molar-refractivity contribution < 1.29 is 0 Å². The number of aromatic nitrogens is 2. The minimum absolute atomic E-state index is 0.0889. The summed E-state index contributed by atoms with van der Waals surface area (Å²) in [6, 6.07) is 0. The van der Waals surface area contributed by atoms with Crippen LogP contribution < -0.4 is 5.69 Å². The summed E-state index contributed by atoms with van der Waals surface area (Å²) in [5.74, 6) is 0. The normalized spacial score (nSPS) is 16.2. The van der Waals surface area contributed by atoms with Crippen LogP contribution in [0.25, 0.3) is 0 Å². The topological polar surface area (TPSA) is 26.9 Å². The summed E-state index contributed by atoms with van der Waals surface area (Å²) < 4.78 is 3.73. The average molecular weight is 180 g/mol. The molecule has 0 radical (unpaired) electrons. The lowest BCUT2D eigenvalue weighted by molar-refractivity contribution is 0.378. The van der Waals surface area contributed by atoms with Gasteiger partial charge < -0.3 is 0 Å². The Hall–Kier alpha value is -0.990. The van der Waals surface area contributed by atoms with Crippen molar-refractivity contribution in [1.29, 1.82) is 0 Å². The quantitative estimate of drug-likeness (QED) is 0.592. The summed E-state index contributed by atoms with van der Waals surface area (Å²) in [7, 11) is 0. The highest BCUT2D eigenvalue weighted by molar-refractivity contribution is 5.06. The maximum atomic E-state index is 11.8. The number of nitrogens with zero attached hydrogens (tertiary/aromatic N) is 2. The minimum atomic E-state index is -0.0889. The van der Waals surface area contributed by atoms with Gasteiger partial charge in [0, 0.05) is 24.0 Å². The van der Waals surface area contributed by atoms with E-state index in [1.807, 2.05) is 15.3 Å². The first-order valence-electron chi connectivity index (χ1n) is 4.82.